The summed E-state index contributed by atoms with van der Waals surface area (Å²) in [5.74, 6) is -0.597. The smallest absolute Gasteiger partial charge is 0.336 e. The first kappa shape index (κ1) is 20.7. The van der Waals surface area contributed by atoms with Crippen LogP contribution in [0.25, 0.3) is 17.1 Å². The maximum absolute atomic E-state index is 14.3. The number of aromatic nitrogens is 3. The highest BCUT2D eigenvalue weighted by molar-refractivity contribution is 6.04. The van der Waals surface area contributed by atoms with Crippen molar-refractivity contribution >= 4 is 17.3 Å². The van der Waals surface area contributed by atoms with E-state index in [4.69, 9.17) is 4.74 Å². The van der Waals surface area contributed by atoms with Gasteiger partial charge in [-0.2, -0.15) is 4.98 Å². The van der Waals surface area contributed by atoms with E-state index < -0.39 is 16.6 Å². The Kier molecular flexibility index (Phi) is 5.58. The Hall–Kier alpha value is -4.60. The Morgan fingerprint density at radius 3 is 2.38 bits per heavy atom. The lowest BCUT2D eigenvalue weighted by Crippen LogP contribution is -2.12. The van der Waals surface area contributed by atoms with E-state index in [2.05, 4.69) is 15.4 Å². The number of nitrogens with zero attached hydrogens (tertiary/aromatic N) is 4. The van der Waals surface area contributed by atoms with Gasteiger partial charge in [0.1, 0.15) is 5.82 Å². The highest BCUT2D eigenvalue weighted by atomic mass is 19.1. The van der Waals surface area contributed by atoms with Gasteiger partial charge < -0.3 is 10.1 Å². The van der Waals surface area contributed by atoms with Crippen LogP contribution in [0.15, 0.2) is 72.8 Å². The lowest BCUT2D eigenvalue weighted by Gasteiger charge is -2.09. The summed E-state index contributed by atoms with van der Waals surface area (Å²) in [5, 5.41) is 17.7. The predicted molar refractivity (Wildman–Crippen MR) is 114 cm³/mol. The number of nitrogens with one attached hydrogen (secondary N) is 1. The maximum Gasteiger partial charge on any atom is 0.336 e. The maximum atomic E-state index is 14.3. The molecule has 9 nitrogen and oxygen atoms in total. The number of amides is 1. The van der Waals surface area contributed by atoms with Crippen molar-refractivity contribution in [2.24, 2.45) is 0 Å². The van der Waals surface area contributed by atoms with E-state index in [0.717, 1.165) is 0 Å². The summed E-state index contributed by atoms with van der Waals surface area (Å²) in [6.45, 7) is 0. The number of hydrogen-bond acceptors (Lipinski definition) is 6. The molecule has 4 aromatic rings. The Labute approximate surface area is 181 Å². The number of benzene rings is 3. The summed E-state index contributed by atoms with van der Waals surface area (Å²) in [4.78, 5) is 26.8. The number of carbonyl (C=O) groups is 1. The van der Waals surface area contributed by atoms with Crippen LogP contribution in [0.1, 0.15) is 10.4 Å². The molecule has 3 aromatic carbocycles. The van der Waals surface area contributed by atoms with Crippen molar-refractivity contribution in [3.05, 3.63) is 94.3 Å². The highest BCUT2D eigenvalue weighted by Crippen LogP contribution is 2.26. The van der Waals surface area contributed by atoms with Crippen molar-refractivity contribution in [1.82, 2.24) is 14.8 Å². The van der Waals surface area contributed by atoms with Gasteiger partial charge in [-0.15, -0.1) is 5.10 Å². The molecular formula is C22H16FN5O4. The van der Waals surface area contributed by atoms with Crippen LogP contribution in [0.5, 0.6) is 6.01 Å². The highest BCUT2D eigenvalue weighted by Gasteiger charge is 2.17. The molecule has 0 spiro atoms. The van der Waals surface area contributed by atoms with E-state index >= 15 is 0 Å². The molecule has 0 fully saturated rings. The number of hydrogen-bond donors (Lipinski definition) is 1. The SMILES string of the molecule is COc1nc(-c2ccccc2F)n(-c2ccc(NC(=O)c3ccc([N+](=O)[O-])cc3)cc2)n1. The van der Waals surface area contributed by atoms with Crippen LogP contribution in [0, 0.1) is 15.9 Å². The molecule has 0 aliphatic heterocycles. The van der Waals surface area contributed by atoms with Crippen molar-refractivity contribution in [2.45, 2.75) is 0 Å². The first-order chi connectivity index (χ1) is 15.5. The zero-order valence-corrected chi connectivity index (χ0v) is 16.7. The topological polar surface area (TPSA) is 112 Å². The fourth-order valence-corrected chi connectivity index (χ4v) is 3.00. The molecule has 0 atom stereocenters. The largest absolute Gasteiger partial charge is 0.466 e. The molecule has 1 heterocycles. The fourth-order valence-electron chi connectivity index (χ4n) is 3.00. The summed E-state index contributed by atoms with van der Waals surface area (Å²) in [6.07, 6.45) is 0. The van der Waals surface area contributed by atoms with Gasteiger partial charge in [-0.25, -0.2) is 9.07 Å². The average Bonchev–Trinajstić information content (AvgIpc) is 3.24. The normalized spacial score (nSPS) is 10.6. The molecule has 0 aliphatic carbocycles. The molecule has 0 aliphatic rings. The Morgan fingerprint density at radius 2 is 1.75 bits per heavy atom. The number of non-ortho nitro benzene ring substituents is 1. The van der Waals surface area contributed by atoms with Gasteiger partial charge in [0.05, 0.1) is 23.3 Å². The van der Waals surface area contributed by atoms with Gasteiger partial charge >= 0.3 is 6.01 Å². The van der Waals surface area contributed by atoms with Crippen molar-refractivity contribution in [3.63, 3.8) is 0 Å². The van der Waals surface area contributed by atoms with Gasteiger partial charge in [0.25, 0.3) is 11.6 Å². The molecule has 0 bridgehead atoms. The lowest BCUT2D eigenvalue weighted by molar-refractivity contribution is -0.384. The van der Waals surface area contributed by atoms with E-state index in [9.17, 15) is 19.3 Å². The van der Waals surface area contributed by atoms with Crippen LogP contribution in [0.4, 0.5) is 15.8 Å². The molecular weight excluding hydrogens is 417 g/mol. The first-order valence-corrected chi connectivity index (χ1v) is 9.38. The fraction of sp³-hybridized carbons (Fsp3) is 0.0455. The van der Waals surface area contributed by atoms with Crippen molar-refractivity contribution in [2.75, 3.05) is 12.4 Å². The van der Waals surface area contributed by atoms with Crippen molar-refractivity contribution < 1.29 is 18.8 Å². The third-order valence-corrected chi connectivity index (χ3v) is 4.60. The third-order valence-electron chi connectivity index (χ3n) is 4.60. The Bertz CT molecular complexity index is 1290. The minimum atomic E-state index is -0.533. The Morgan fingerprint density at radius 1 is 1.06 bits per heavy atom. The zero-order valence-electron chi connectivity index (χ0n) is 16.7. The number of ether oxygens (including phenoxy) is 1. The second-order valence-electron chi connectivity index (χ2n) is 6.62. The van der Waals surface area contributed by atoms with E-state index in [1.165, 1.54) is 42.1 Å². The molecule has 10 heteroatoms. The quantitative estimate of drug-likeness (QED) is 0.359. The summed E-state index contributed by atoms with van der Waals surface area (Å²) in [6, 6.07) is 18.2. The average molecular weight is 433 g/mol. The van der Waals surface area contributed by atoms with Crippen LogP contribution < -0.4 is 10.1 Å². The van der Waals surface area contributed by atoms with Crippen molar-refractivity contribution in [1.29, 1.82) is 0 Å². The standard InChI is InChI=1S/C22H16FN5O4/c1-32-22-25-20(18-4-2-3-5-19(18)23)27(26-22)16-12-8-15(9-13-16)24-21(29)14-6-10-17(11-7-14)28(30)31/h2-13H,1H3,(H,24,29). The number of nitro groups is 1. The van der Waals surface area contributed by atoms with Gasteiger partial charge in [-0.3, -0.25) is 14.9 Å². The molecule has 0 saturated carbocycles. The van der Waals surface area contributed by atoms with E-state index in [0.29, 0.717) is 11.4 Å². The minimum absolute atomic E-state index is 0.0822. The van der Waals surface area contributed by atoms with Crippen molar-refractivity contribution in [3.8, 4) is 23.1 Å². The molecule has 0 radical (unpaired) electrons. The lowest BCUT2D eigenvalue weighted by atomic mass is 10.2. The number of carbonyl (C=O) groups excluding carboxylic acids is 1. The van der Waals surface area contributed by atoms with Crippen LogP contribution in [-0.4, -0.2) is 32.7 Å². The van der Waals surface area contributed by atoms with Crippen LogP contribution in [0.3, 0.4) is 0 Å². The molecule has 4 rings (SSSR count). The minimum Gasteiger partial charge on any atom is -0.466 e. The number of rotatable bonds is 6. The van der Waals surface area contributed by atoms with E-state index in [1.54, 1.807) is 42.5 Å². The molecule has 0 unspecified atom stereocenters. The van der Waals surface area contributed by atoms with Gasteiger partial charge in [-0.05, 0) is 48.5 Å². The van der Waals surface area contributed by atoms with Crippen LogP contribution >= 0.6 is 0 Å². The first-order valence-electron chi connectivity index (χ1n) is 9.38. The molecule has 32 heavy (non-hydrogen) atoms. The molecule has 160 valence electrons. The Balaban J connectivity index is 1.58. The molecule has 0 saturated heterocycles. The summed E-state index contributed by atoms with van der Waals surface area (Å²) >= 11 is 0. The number of halogens is 1. The number of nitro benzene ring substituents is 1. The zero-order chi connectivity index (χ0) is 22.7. The van der Waals surface area contributed by atoms with Gasteiger partial charge in [0.15, 0.2) is 5.82 Å². The number of anilines is 1. The molecule has 1 N–H and O–H groups in total. The summed E-state index contributed by atoms with van der Waals surface area (Å²) in [7, 11) is 1.42. The summed E-state index contributed by atoms with van der Waals surface area (Å²) < 4.78 is 20.9. The predicted octanol–water partition coefficient (Wildman–Crippen LogP) is 4.24. The van der Waals surface area contributed by atoms with Gasteiger partial charge in [0.2, 0.25) is 0 Å². The third kappa shape index (κ3) is 4.15. The van der Waals surface area contributed by atoms with E-state index in [-0.39, 0.29) is 28.6 Å². The van der Waals surface area contributed by atoms with Gasteiger partial charge in [0, 0.05) is 23.4 Å². The monoisotopic (exact) mass is 433 g/mol. The van der Waals surface area contributed by atoms with Crippen LogP contribution in [0.2, 0.25) is 0 Å². The summed E-state index contributed by atoms with van der Waals surface area (Å²) in [5.41, 5.74) is 1.52. The number of methoxy groups -OCH3 is 1. The molecule has 1 amide bonds. The van der Waals surface area contributed by atoms with Crippen LogP contribution in [-0.2, 0) is 0 Å². The van der Waals surface area contributed by atoms with E-state index in [1.807, 2.05) is 0 Å². The second-order valence-corrected chi connectivity index (χ2v) is 6.62. The molecule has 1 aromatic heterocycles. The van der Waals surface area contributed by atoms with Gasteiger partial charge in [-0.1, -0.05) is 12.1 Å². The second kappa shape index (κ2) is 8.64.